The fourth-order valence-electron chi connectivity index (χ4n) is 1.37. The van der Waals surface area contributed by atoms with Gasteiger partial charge in [-0.1, -0.05) is 30.3 Å². The smallest absolute Gasteiger partial charge is 0.358 e. The van der Waals surface area contributed by atoms with Crippen LogP contribution in [0.4, 0.5) is 5.82 Å². The minimum Gasteiger partial charge on any atom is -0.358 e. The molecule has 0 fully saturated rings. The number of halogens is 1. The van der Waals surface area contributed by atoms with Gasteiger partial charge in [0, 0.05) is 0 Å². The van der Waals surface area contributed by atoms with E-state index in [0.29, 0.717) is 11.1 Å². The number of hydrogen-bond donors (Lipinski definition) is 0. The van der Waals surface area contributed by atoms with Crippen LogP contribution in [0.3, 0.4) is 0 Å². The van der Waals surface area contributed by atoms with E-state index in [1.54, 1.807) is 4.57 Å². The Morgan fingerprint density at radius 2 is 2.06 bits per heavy atom. The van der Waals surface area contributed by atoms with Gasteiger partial charge in [-0.15, -0.1) is 0 Å². The Bertz CT molecular complexity index is 510. The molecule has 0 amide bonds. The summed E-state index contributed by atoms with van der Waals surface area (Å²) in [6.45, 7) is 0.558. The van der Waals surface area contributed by atoms with Crippen molar-refractivity contribution < 1.29 is 4.92 Å². The van der Waals surface area contributed by atoms with Gasteiger partial charge in [-0.2, -0.15) is 0 Å². The van der Waals surface area contributed by atoms with E-state index in [9.17, 15) is 10.1 Å². The zero-order valence-electron chi connectivity index (χ0n) is 8.21. The van der Waals surface area contributed by atoms with Crippen LogP contribution in [-0.2, 0) is 6.54 Å². The second kappa shape index (κ2) is 4.44. The summed E-state index contributed by atoms with van der Waals surface area (Å²) in [7, 11) is 0. The zero-order chi connectivity index (χ0) is 11.5. The third kappa shape index (κ3) is 2.11. The van der Waals surface area contributed by atoms with Crippen LogP contribution < -0.4 is 0 Å². The Labute approximate surface area is 100 Å². The number of aromatic nitrogens is 2. The average Bonchev–Trinajstić information content (AvgIpc) is 2.62. The second-order valence-corrected chi connectivity index (χ2v) is 3.98. The molecule has 0 spiro atoms. The van der Waals surface area contributed by atoms with Crippen LogP contribution >= 0.6 is 15.9 Å². The first-order valence-corrected chi connectivity index (χ1v) is 5.36. The molecule has 1 aromatic carbocycles. The Kier molecular flexibility index (Phi) is 3.00. The van der Waals surface area contributed by atoms with Gasteiger partial charge < -0.3 is 10.1 Å². The van der Waals surface area contributed by atoms with Crippen molar-refractivity contribution in [2.45, 2.75) is 6.54 Å². The largest absolute Gasteiger partial charge is 0.396 e. The van der Waals surface area contributed by atoms with Gasteiger partial charge in [0.25, 0.3) is 0 Å². The van der Waals surface area contributed by atoms with Crippen LogP contribution in [0.2, 0.25) is 0 Å². The number of nitro groups is 1. The van der Waals surface area contributed by atoms with Gasteiger partial charge in [-0.05, 0) is 31.4 Å². The predicted octanol–water partition coefficient (Wildman–Crippen LogP) is 2.60. The van der Waals surface area contributed by atoms with E-state index >= 15 is 0 Å². The molecule has 2 aromatic rings. The summed E-state index contributed by atoms with van der Waals surface area (Å²) >= 11 is 3.17. The van der Waals surface area contributed by atoms with Crippen molar-refractivity contribution in [3.05, 3.63) is 56.9 Å². The predicted molar refractivity (Wildman–Crippen MR) is 62.1 cm³/mol. The minimum absolute atomic E-state index is 0.157. The lowest BCUT2D eigenvalue weighted by molar-refractivity contribution is -0.390. The first kappa shape index (κ1) is 10.8. The molecule has 1 aromatic heterocycles. The standard InChI is InChI=1S/C10H8BrN3O2/c11-9-10(14(15)16)12-7-13(9)6-8-4-2-1-3-5-8/h1-5,7H,6H2. The lowest BCUT2D eigenvalue weighted by Crippen LogP contribution is -1.98. The fraction of sp³-hybridized carbons (Fsp3) is 0.100. The number of benzene rings is 1. The highest BCUT2D eigenvalue weighted by Gasteiger charge is 2.18. The fourth-order valence-corrected chi connectivity index (χ4v) is 1.83. The van der Waals surface area contributed by atoms with Gasteiger partial charge in [0.15, 0.2) is 4.60 Å². The highest BCUT2D eigenvalue weighted by atomic mass is 79.9. The summed E-state index contributed by atoms with van der Waals surface area (Å²) in [4.78, 5) is 13.8. The molecular weight excluding hydrogens is 274 g/mol. The third-order valence-electron chi connectivity index (χ3n) is 2.12. The molecule has 0 saturated carbocycles. The molecule has 0 unspecified atom stereocenters. The third-order valence-corrected chi connectivity index (χ3v) is 2.93. The Balaban J connectivity index is 2.26. The maximum absolute atomic E-state index is 10.6. The van der Waals surface area contributed by atoms with Gasteiger partial charge >= 0.3 is 5.82 Å². The summed E-state index contributed by atoms with van der Waals surface area (Å²) in [6.07, 6.45) is 1.45. The van der Waals surface area contributed by atoms with Crippen LogP contribution in [0, 0.1) is 10.1 Å². The molecule has 82 valence electrons. The summed E-state index contributed by atoms with van der Waals surface area (Å²) in [5.74, 6) is -0.157. The first-order valence-electron chi connectivity index (χ1n) is 4.57. The van der Waals surface area contributed by atoms with Crippen molar-refractivity contribution >= 4 is 21.7 Å². The molecule has 0 aliphatic carbocycles. The van der Waals surface area contributed by atoms with Crippen LogP contribution in [-0.4, -0.2) is 14.5 Å². The molecule has 0 aliphatic rings. The lowest BCUT2D eigenvalue weighted by atomic mass is 10.2. The lowest BCUT2D eigenvalue weighted by Gasteiger charge is -2.01. The van der Waals surface area contributed by atoms with Gasteiger partial charge in [0.2, 0.25) is 6.33 Å². The second-order valence-electron chi connectivity index (χ2n) is 3.23. The average molecular weight is 282 g/mol. The molecule has 1 heterocycles. The van der Waals surface area contributed by atoms with Gasteiger partial charge in [0.1, 0.15) is 0 Å². The Hall–Kier alpha value is -1.69. The number of imidazole rings is 1. The van der Waals surface area contributed by atoms with Crippen LogP contribution in [0.25, 0.3) is 0 Å². The molecule has 0 atom stereocenters. The Morgan fingerprint density at radius 1 is 1.38 bits per heavy atom. The van der Waals surface area contributed by atoms with Crippen LogP contribution in [0.1, 0.15) is 5.56 Å². The van der Waals surface area contributed by atoms with Gasteiger partial charge in [-0.25, -0.2) is 0 Å². The SMILES string of the molecule is O=[N+]([O-])c1ncn(Cc2ccccc2)c1Br. The van der Waals surface area contributed by atoms with Crippen molar-refractivity contribution in [1.82, 2.24) is 9.55 Å². The first-order chi connectivity index (χ1) is 7.68. The van der Waals surface area contributed by atoms with Crippen molar-refractivity contribution in [1.29, 1.82) is 0 Å². The monoisotopic (exact) mass is 281 g/mol. The maximum Gasteiger partial charge on any atom is 0.396 e. The quantitative estimate of drug-likeness (QED) is 0.642. The maximum atomic E-state index is 10.6. The highest BCUT2D eigenvalue weighted by Crippen LogP contribution is 2.23. The van der Waals surface area contributed by atoms with Crippen molar-refractivity contribution in [2.24, 2.45) is 0 Å². The van der Waals surface area contributed by atoms with E-state index in [-0.39, 0.29) is 5.82 Å². The Morgan fingerprint density at radius 3 is 2.62 bits per heavy atom. The van der Waals surface area contributed by atoms with Crippen molar-refractivity contribution in [2.75, 3.05) is 0 Å². The molecule has 0 bridgehead atoms. The topological polar surface area (TPSA) is 61.0 Å². The number of rotatable bonds is 3. The summed E-state index contributed by atoms with van der Waals surface area (Å²) in [6, 6.07) is 9.69. The minimum atomic E-state index is -0.508. The summed E-state index contributed by atoms with van der Waals surface area (Å²) in [5, 5.41) is 10.6. The molecule has 0 radical (unpaired) electrons. The number of nitrogens with zero attached hydrogens (tertiary/aromatic N) is 3. The van der Waals surface area contributed by atoms with Gasteiger partial charge in [0.05, 0.1) is 6.54 Å². The molecule has 5 nitrogen and oxygen atoms in total. The van der Waals surface area contributed by atoms with E-state index in [4.69, 9.17) is 0 Å². The van der Waals surface area contributed by atoms with Crippen molar-refractivity contribution in [3.63, 3.8) is 0 Å². The molecular formula is C10H8BrN3O2. The molecule has 16 heavy (non-hydrogen) atoms. The van der Waals surface area contributed by atoms with E-state index < -0.39 is 4.92 Å². The molecule has 2 rings (SSSR count). The van der Waals surface area contributed by atoms with Crippen molar-refractivity contribution in [3.8, 4) is 0 Å². The normalized spacial score (nSPS) is 10.3. The zero-order valence-corrected chi connectivity index (χ0v) is 9.79. The summed E-state index contributed by atoms with van der Waals surface area (Å²) < 4.78 is 2.08. The van der Waals surface area contributed by atoms with E-state index in [1.807, 2.05) is 30.3 Å². The van der Waals surface area contributed by atoms with E-state index in [0.717, 1.165) is 5.56 Å². The van der Waals surface area contributed by atoms with E-state index in [1.165, 1.54) is 6.33 Å². The van der Waals surface area contributed by atoms with Crippen LogP contribution in [0.15, 0.2) is 41.3 Å². The summed E-state index contributed by atoms with van der Waals surface area (Å²) in [5.41, 5.74) is 1.07. The highest BCUT2D eigenvalue weighted by molar-refractivity contribution is 9.10. The number of hydrogen-bond acceptors (Lipinski definition) is 3. The molecule has 6 heteroatoms. The molecule has 0 saturated heterocycles. The molecule has 0 N–H and O–H groups in total. The van der Waals surface area contributed by atoms with E-state index in [2.05, 4.69) is 20.9 Å². The van der Waals surface area contributed by atoms with Gasteiger partial charge in [-0.3, -0.25) is 4.57 Å². The van der Waals surface area contributed by atoms with Crippen LogP contribution in [0.5, 0.6) is 0 Å². The molecule has 0 aliphatic heterocycles.